The second-order valence-electron chi connectivity index (χ2n) is 12.6. The number of nitrogens with one attached hydrogen (secondary N) is 2. The van der Waals surface area contributed by atoms with Crippen molar-refractivity contribution in [2.24, 2.45) is 0 Å². The molecule has 0 saturated carbocycles. The number of ether oxygens (including phenoxy) is 1. The number of aromatic nitrogens is 2. The lowest BCUT2D eigenvalue weighted by Crippen LogP contribution is -2.56. The number of aliphatic hydroxyl groups excluding tert-OH is 1. The van der Waals surface area contributed by atoms with Gasteiger partial charge in [-0.3, -0.25) is 14.5 Å². The molecule has 246 valence electrons. The van der Waals surface area contributed by atoms with Crippen LogP contribution in [-0.2, 0) is 17.7 Å². The maximum atomic E-state index is 14.7. The van der Waals surface area contributed by atoms with Gasteiger partial charge in [-0.05, 0) is 55.5 Å². The zero-order valence-corrected chi connectivity index (χ0v) is 27.7. The zero-order valence-electron chi connectivity index (χ0n) is 26.1. The first-order chi connectivity index (χ1) is 22.1. The molecule has 1 amide bonds. The normalized spacial score (nSPS) is 19.8. The van der Waals surface area contributed by atoms with E-state index in [9.17, 15) is 24.2 Å². The lowest BCUT2D eigenvalue weighted by atomic mass is 9.88. The van der Waals surface area contributed by atoms with Gasteiger partial charge in [0.05, 0.1) is 28.0 Å². The minimum Gasteiger partial charge on any atom is -0.506 e. The molecule has 2 aromatic carbocycles. The predicted octanol–water partition coefficient (Wildman–Crippen LogP) is 4.73. The molecule has 4 N–H and O–H groups in total. The third kappa shape index (κ3) is 7.19. The van der Waals surface area contributed by atoms with Crippen LogP contribution in [0.4, 0.5) is 4.39 Å². The molecule has 0 bridgehead atoms. The molecule has 2 atom stereocenters. The van der Waals surface area contributed by atoms with Gasteiger partial charge in [0.15, 0.2) is 0 Å². The van der Waals surface area contributed by atoms with Crippen molar-refractivity contribution in [1.82, 2.24) is 25.1 Å². The van der Waals surface area contributed by atoms with E-state index in [1.807, 2.05) is 16.3 Å². The Labute approximate surface area is 274 Å². The standard InChI is InChI=1S/C33H40FN5O5S2/c1-20(2)30-36-25(17-45-30)31(42)39-12-3-9-33(18-39)10-13-38(19-44-33)16-21-4-6-24(34)22(14-21)8-11-35-15-27(41)23-5-7-26(40)28-29(23)46-32(43)37-28/h4-7,14,17,20,27,35,40-41H,3,8-13,15-16,18-19H2,1-2H3,(H,37,43)/t27-,33?/m0/s1. The Morgan fingerprint density at radius 3 is 2.85 bits per heavy atom. The van der Waals surface area contributed by atoms with Crippen molar-refractivity contribution in [3.05, 3.63) is 78.6 Å². The van der Waals surface area contributed by atoms with E-state index in [2.05, 4.69) is 34.0 Å². The fraction of sp³-hybridized carbons (Fsp3) is 0.485. The molecule has 10 nitrogen and oxygen atoms in total. The molecule has 4 heterocycles. The monoisotopic (exact) mass is 669 g/mol. The third-order valence-electron chi connectivity index (χ3n) is 8.87. The number of nitrogens with zero attached hydrogens (tertiary/aromatic N) is 3. The molecule has 4 aromatic rings. The van der Waals surface area contributed by atoms with Gasteiger partial charge in [0.25, 0.3) is 5.91 Å². The largest absolute Gasteiger partial charge is 0.506 e. The molecule has 1 unspecified atom stereocenters. The molecule has 2 aliphatic rings. The average molecular weight is 670 g/mol. The average Bonchev–Trinajstić information content (AvgIpc) is 3.70. The van der Waals surface area contributed by atoms with E-state index in [1.165, 1.54) is 23.5 Å². The van der Waals surface area contributed by atoms with Gasteiger partial charge in [-0.25, -0.2) is 9.37 Å². The fourth-order valence-corrected chi connectivity index (χ4v) is 8.03. The van der Waals surface area contributed by atoms with Crippen LogP contribution in [0.3, 0.4) is 0 Å². The van der Waals surface area contributed by atoms with E-state index >= 15 is 0 Å². The summed E-state index contributed by atoms with van der Waals surface area (Å²) >= 11 is 2.48. The molecular formula is C33H40FN5O5S2. The highest BCUT2D eigenvalue weighted by atomic mass is 32.1. The first-order valence-electron chi connectivity index (χ1n) is 15.7. The van der Waals surface area contributed by atoms with Gasteiger partial charge in [-0.1, -0.05) is 43.4 Å². The zero-order chi connectivity index (χ0) is 32.4. The topological polar surface area (TPSA) is 131 Å². The van der Waals surface area contributed by atoms with Gasteiger partial charge in [0.2, 0.25) is 0 Å². The smallest absolute Gasteiger partial charge is 0.305 e. The van der Waals surface area contributed by atoms with E-state index in [-0.39, 0.29) is 34.5 Å². The van der Waals surface area contributed by atoms with Crippen LogP contribution in [0.1, 0.15) is 77.3 Å². The molecule has 0 aliphatic carbocycles. The number of halogens is 1. The molecule has 0 radical (unpaired) electrons. The van der Waals surface area contributed by atoms with Crippen molar-refractivity contribution in [1.29, 1.82) is 0 Å². The summed E-state index contributed by atoms with van der Waals surface area (Å²) in [4.78, 5) is 36.0. The number of aromatic hydroxyl groups is 1. The lowest BCUT2D eigenvalue weighted by Gasteiger charge is -2.47. The van der Waals surface area contributed by atoms with E-state index in [0.29, 0.717) is 72.3 Å². The Balaban J connectivity index is 0.989. The van der Waals surface area contributed by atoms with Crippen LogP contribution < -0.4 is 10.2 Å². The van der Waals surface area contributed by atoms with Gasteiger partial charge in [0.1, 0.15) is 29.5 Å². The number of aromatic amines is 1. The lowest BCUT2D eigenvalue weighted by molar-refractivity contribution is -0.161. The van der Waals surface area contributed by atoms with Crippen LogP contribution in [-0.4, -0.2) is 80.9 Å². The number of phenolic OH excluding ortho intramolecular Hbond substituents is 1. The number of amides is 1. The number of H-pyrrole nitrogens is 1. The molecular weight excluding hydrogens is 630 g/mol. The molecule has 2 aromatic heterocycles. The summed E-state index contributed by atoms with van der Waals surface area (Å²) < 4.78 is 21.7. The van der Waals surface area contributed by atoms with Crippen molar-refractivity contribution in [3.8, 4) is 5.75 Å². The van der Waals surface area contributed by atoms with Crippen molar-refractivity contribution in [2.45, 2.75) is 63.7 Å². The Kier molecular flexibility index (Phi) is 9.88. The molecule has 2 saturated heterocycles. The highest BCUT2D eigenvalue weighted by molar-refractivity contribution is 7.16. The summed E-state index contributed by atoms with van der Waals surface area (Å²) in [5, 5.41) is 26.8. The minimum absolute atomic E-state index is 0.0206. The Morgan fingerprint density at radius 2 is 2.09 bits per heavy atom. The molecule has 13 heteroatoms. The molecule has 1 spiro atoms. The Morgan fingerprint density at radius 1 is 1.24 bits per heavy atom. The summed E-state index contributed by atoms with van der Waals surface area (Å²) in [6.07, 6.45) is 2.18. The minimum atomic E-state index is -0.896. The number of carbonyl (C=O) groups excluding carboxylic acids is 1. The summed E-state index contributed by atoms with van der Waals surface area (Å²) in [5.41, 5.74) is 2.63. The highest BCUT2D eigenvalue weighted by Gasteiger charge is 2.41. The van der Waals surface area contributed by atoms with Crippen LogP contribution in [0.15, 0.2) is 40.5 Å². The number of piperidine rings is 1. The number of carbonyl (C=O) groups is 1. The highest BCUT2D eigenvalue weighted by Crippen LogP contribution is 2.34. The van der Waals surface area contributed by atoms with Gasteiger partial charge >= 0.3 is 4.87 Å². The number of hydrogen-bond acceptors (Lipinski definition) is 10. The second kappa shape index (κ2) is 13.9. The number of aliphatic hydroxyl groups is 1. The third-order valence-corrected chi connectivity index (χ3v) is 10.9. The maximum Gasteiger partial charge on any atom is 0.305 e. The number of hydrogen-bond donors (Lipinski definition) is 4. The van der Waals surface area contributed by atoms with Gasteiger partial charge < -0.3 is 30.2 Å². The molecule has 6 rings (SSSR count). The van der Waals surface area contributed by atoms with Crippen LogP contribution in [0.2, 0.25) is 0 Å². The van der Waals surface area contributed by atoms with E-state index in [1.54, 1.807) is 12.1 Å². The first kappa shape index (κ1) is 32.7. The van der Waals surface area contributed by atoms with Crippen LogP contribution in [0, 0.1) is 5.82 Å². The van der Waals surface area contributed by atoms with Crippen molar-refractivity contribution in [3.63, 3.8) is 0 Å². The number of rotatable bonds is 10. The number of phenols is 1. The predicted molar refractivity (Wildman–Crippen MR) is 177 cm³/mol. The summed E-state index contributed by atoms with van der Waals surface area (Å²) in [6.45, 7) is 8.01. The molecule has 2 fully saturated rings. The second-order valence-corrected chi connectivity index (χ2v) is 14.5. The number of fused-ring (bicyclic) bond motifs is 1. The van der Waals surface area contributed by atoms with Crippen molar-refractivity contribution in [2.75, 3.05) is 39.5 Å². The quantitative estimate of drug-likeness (QED) is 0.178. The number of likely N-dealkylation sites (tertiary alicyclic amines) is 1. The fourth-order valence-electron chi connectivity index (χ4n) is 6.31. The van der Waals surface area contributed by atoms with Gasteiger partial charge in [-0.2, -0.15) is 0 Å². The van der Waals surface area contributed by atoms with Crippen molar-refractivity contribution >= 4 is 38.8 Å². The number of thiazole rings is 2. The first-order valence-corrected chi connectivity index (χ1v) is 17.4. The van der Waals surface area contributed by atoms with Gasteiger partial charge in [0, 0.05) is 43.0 Å². The van der Waals surface area contributed by atoms with E-state index < -0.39 is 6.10 Å². The molecule has 46 heavy (non-hydrogen) atoms. The van der Waals surface area contributed by atoms with E-state index in [0.717, 1.165) is 47.7 Å². The van der Waals surface area contributed by atoms with Crippen molar-refractivity contribution < 1.29 is 24.1 Å². The van der Waals surface area contributed by atoms with E-state index in [4.69, 9.17) is 4.74 Å². The van der Waals surface area contributed by atoms with Gasteiger partial charge in [-0.15, -0.1) is 11.3 Å². The number of benzene rings is 2. The SMILES string of the molecule is CC(C)c1nc(C(=O)N2CCCC3(CCN(Cc4ccc(F)c(CCNC[C@H](O)c5ccc(O)c6[nH]c(=O)sc56)c4)CO3)C2)cs1. The van der Waals surface area contributed by atoms with Crippen LogP contribution >= 0.6 is 22.7 Å². The van der Waals surface area contributed by atoms with Crippen LogP contribution in [0.5, 0.6) is 5.75 Å². The summed E-state index contributed by atoms with van der Waals surface area (Å²) in [6, 6.07) is 8.25. The molecule has 2 aliphatic heterocycles. The Bertz CT molecular complexity index is 1750. The maximum absolute atomic E-state index is 14.7. The van der Waals surface area contributed by atoms with Crippen LogP contribution in [0.25, 0.3) is 10.2 Å². The Hall–Kier alpha value is -3.20. The summed E-state index contributed by atoms with van der Waals surface area (Å²) in [5.74, 6) is -0.0363. The summed E-state index contributed by atoms with van der Waals surface area (Å²) in [7, 11) is 0.